The number of rotatable bonds is 8. The molecule has 0 aliphatic carbocycles. The molecule has 0 bridgehead atoms. The van der Waals surface area contributed by atoms with Gasteiger partial charge in [-0.05, 0) is 42.1 Å². The molecule has 33 heavy (non-hydrogen) atoms. The average Bonchev–Trinajstić information content (AvgIpc) is 3.23. The van der Waals surface area contributed by atoms with E-state index in [9.17, 15) is 13.6 Å². The van der Waals surface area contributed by atoms with E-state index in [-0.39, 0.29) is 16.1 Å². The van der Waals surface area contributed by atoms with Gasteiger partial charge in [-0.15, -0.1) is 0 Å². The van der Waals surface area contributed by atoms with Gasteiger partial charge in [-0.1, -0.05) is 26.0 Å². The van der Waals surface area contributed by atoms with Gasteiger partial charge >= 0.3 is 0 Å². The van der Waals surface area contributed by atoms with Gasteiger partial charge in [0.2, 0.25) is 5.78 Å². The van der Waals surface area contributed by atoms with Crippen LogP contribution in [0.1, 0.15) is 29.8 Å². The molecule has 4 aromatic rings. The van der Waals surface area contributed by atoms with Gasteiger partial charge in [-0.3, -0.25) is 4.79 Å². The maximum absolute atomic E-state index is 15.2. The van der Waals surface area contributed by atoms with Gasteiger partial charge < -0.3 is 15.0 Å². The van der Waals surface area contributed by atoms with Crippen molar-refractivity contribution in [3.63, 3.8) is 0 Å². The number of hydrogen-bond donors (Lipinski definition) is 3. The maximum Gasteiger partial charge on any atom is 0.201 e. The van der Waals surface area contributed by atoms with E-state index >= 15 is 4.39 Å². The fourth-order valence-corrected chi connectivity index (χ4v) is 3.88. The van der Waals surface area contributed by atoms with E-state index in [0.717, 1.165) is 24.1 Å². The third-order valence-electron chi connectivity index (χ3n) is 4.82. The molecule has 0 atom stereocenters. The second-order valence-corrected chi connectivity index (χ2v) is 8.52. The van der Waals surface area contributed by atoms with Crippen LogP contribution in [-0.4, -0.2) is 27.3 Å². The highest BCUT2D eigenvalue weighted by molar-refractivity contribution is 8.00. The van der Waals surface area contributed by atoms with Crippen molar-refractivity contribution in [2.24, 2.45) is 5.92 Å². The normalized spacial score (nSPS) is 11.2. The highest BCUT2D eigenvalue weighted by Crippen LogP contribution is 2.31. The van der Waals surface area contributed by atoms with E-state index in [4.69, 9.17) is 0 Å². The van der Waals surface area contributed by atoms with E-state index in [1.165, 1.54) is 30.7 Å². The quantitative estimate of drug-likeness (QED) is 0.223. The van der Waals surface area contributed by atoms with E-state index in [1.807, 2.05) is 13.8 Å². The Balaban J connectivity index is 1.69. The molecule has 4 rings (SSSR count). The summed E-state index contributed by atoms with van der Waals surface area (Å²) < 4.78 is 46.4. The lowest BCUT2D eigenvalue weighted by atomic mass is 10.0. The van der Waals surface area contributed by atoms with Crippen molar-refractivity contribution in [3.05, 3.63) is 77.5 Å². The zero-order valence-corrected chi connectivity index (χ0v) is 18.6. The molecule has 6 nitrogen and oxygen atoms in total. The summed E-state index contributed by atoms with van der Waals surface area (Å²) in [7, 11) is 0. The van der Waals surface area contributed by atoms with E-state index < -0.39 is 28.8 Å². The van der Waals surface area contributed by atoms with Crippen LogP contribution in [0.2, 0.25) is 0 Å². The molecule has 2 aromatic carbocycles. The summed E-state index contributed by atoms with van der Waals surface area (Å²) in [6.07, 6.45) is 2.69. The molecule has 3 N–H and O–H groups in total. The first-order valence-corrected chi connectivity index (χ1v) is 10.9. The van der Waals surface area contributed by atoms with Gasteiger partial charge in [-0.2, -0.15) is 0 Å². The molecule has 10 heteroatoms. The Kier molecular flexibility index (Phi) is 6.55. The number of carbonyl (C=O) groups excluding carboxylic acids is 1. The summed E-state index contributed by atoms with van der Waals surface area (Å²) in [5.41, 5.74) is -0.477. The number of H-pyrrole nitrogens is 1. The zero-order valence-electron chi connectivity index (χ0n) is 17.7. The van der Waals surface area contributed by atoms with E-state index in [0.29, 0.717) is 29.3 Å². The van der Waals surface area contributed by atoms with Gasteiger partial charge in [0.05, 0.1) is 27.1 Å². The number of nitrogens with one attached hydrogen (secondary N) is 3. The molecule has 0 spiro atoms. The van der Waals surface area contributed by atoms with Gasteiger partial charge in [-0.25, -0.2) is 23.1 Å². The lowest BCUT2D eigenvalue weighted by Gasteiger charge is -2.12. The molecule has 0 saturated carbocycles. The second-order valence-electron chi connectivity index (χ2n) is 7.67. The number of aromatic nitrogens is 3. The first-order valence-electron chi connectivity index (χ1n) is 10.1. The van der Waals surface area contributed by atoms with Crippen molar-refractivity contribution < 1.29 is 18.0 Å². The third-order valence-corrected chi connectivity index (χ3v) is 5.69. The van der Waals surface area contributed by atoms with Gasteiger partial charge in [0.15, 0.2) is 5.82 Å². The Morgan fingerprint density at radius 3 is 2.64 bits per heavy atom. The smallest absolute Gasteiger partial charge is 0.201 e. The molecule has 0 amide bonds. The minimum Gasteiger partial charge on any atom is -0.369 e. The summed E-state index contributed by atoms with van der Waals surface area (Å²) >= 11 is 0.817. The number of fused-ring (bicyclic) bond motifs is 1. The van der Waals surface area contributed by atoms with Gasteiger partial charge in [0, 0.05) is 12.7 Å². The molecular weight excluding hydrogens is 451 g/mol. The Morgan fingerprint density at radius 1 is 1.09 bits per heavy atom. The van der Waals surface area contributed by atoms with Gasteiger partial charge in [0.1, 0.15) is 29.4 Å². The lowest BCUT2D eigenvalue weighted by molar-refractivity contribution is 0.103. The summed E-state index contributed by atoms with van der Waals surface area (Å²) in [5.74, 6) is -2.75. The standard InChI is InChI=1S/C23H20F3N5OS/c1-12(2)9-27-22-18-13(10-28-23(18)30-11-29-22)21(32)19-15(25)7-8-16(20(19)26)31-33-17-6-4-3-5-14(17)24/h3-8,10-12,31H,9H2,1-2H3,(H2,27,28,29,30). The van der Waals surface area contributed by atoms with Crippen LogP contribution in [0.4, 0.5) is 24.7 Å². The minimum absolute atomic E-state index is 0.0357. The van der Waals surface area contributed by atoms with Crippen molar-refractivity contribution in [1.29, 1.82) is 0 Å². The monoisotopic (exact) mass is 471 g/mol. The number of halogens is 3. The highest BCUT2D eigenvalue weighted by atomic mass is 32.2. The molecular formula is C23H20F3N5OS. The largest absolute Gasteiger partial charge is 0.369 e. The van der Waals surface area contributed by atoms with Crippen LogP contribution >= 0.6 is 11.9 Å². The first kappa shape index (κ1) is 22.7. The number of ketones is 1. The maximum atomic E-state index is 15.2. The minimum atomic E-state index is -1.08. The Bertz CT molecular complexity index is 1320. The SMILES string of the molecule is CC(C)CNc1ncnc2[nH]cc(C(=O)c3c(F)ccc(NSc4ccccc4F)c3F)c12. The number of carbonyl (C=O) groups is 1. The molecule has 0 unspecified atom stereocenters. The van der Waals surface area contributed by atoms with Crippen molar-refractivity contribution in [2.45, 2.75) is 18.7 Å². The van der Waals surface area contributed by atoms with Crippen LogP contribution in [0.5, 0.6) is 0 Å². The average molecular weight is 472 g/mol. The third kappa shape index (κ3) is 4.65. The van der Waals surface area contributed by atoms with Crippen LogP contribution in [0.15, 0.2) is 53.8 Å². The molecule has 0 fully saturated rings. The number of benzene rings is 2. The first-order chi connectivity index (χ1) is 15.9. The predicted molar refractivity (Wildman–Crippen MR) is 123 cm³/mol. The molecule has 0 aliphatic rings. The van der Waals surface area contributed by atoms with Crippen LogP contribution < -0.4 is 10.0 Å². The second kappa shape index (κ2) is 9.53. The summed E-state index contributed by atoms with van der Waals surface area (Å²) in [6.45, 7) is 4.61. The fourth-order valence-electron chi connectivity index (χ4n) is 3.19. The predicted octanol–water partition coefficient (Wildman–Crippen LogP) is 5.79. The molecule has 2 heterocycles. The molecule has 0 saturated heterocycles. The van der Waals surface area contributed by atoms with Crippen LogP contribution in [0, 0.1) is 23.4 Å². The summed E-state index contributed by atoms with van der Waals surface area (Å²) in [5, 5.41) is 3.49. The fraction of sp³-hybridized carbons (Fsp3) is 0.174. The Hall–Kier alpha value is -3.53. The van der Waals surface area contributed by atoms with Gasteiger partial charge in [0.25, 0.3) is 0 Å². The van der Waals surface area contributed by atoms with Crippen molar-refractivity contribution in [3.8, 4) is 0 Å². The number of hydrogen-bond acceptors (Lipinski definition) is 6. The van der Waals surface area contributed by atoms with Crippen molar-refractivity contribution in [1.82, 2.24) is 15.0 Å². The molecule has 0 radical (unpaired) electrons. The van der Waals surface area contributed by atoms with Crippen LogP contribution in [-0.2, 0) is 0 Å². The molecule has 170 valence electrons. The zero-order chi connectivity index (χ0) is 23.5. The Labute approximate surface area is 192 Å². The van der Waals surface area contributed by atoms with E-state index in [1.54, 1.807) is 6.07 Å². The summed E-state index contributed by atoms with van der Waals surface area (Å²) in [6, 6.07) is 8.09. The van der Waals surface area contributed by atoms with Crippen LogP contribution in [0.3, 0.4) is 0 Å². The van der Waals surface area contributed by atoms with E-state index in [2.05, 4.69) is 25.0 Å². The summed E-state index contributed by atoms with van der Waals surface area (Å²) in [4.78, 5) is 24.6. The number of aromatic amines is 1. The number of nitrogens with zero attached hydrogens (tertiary/aromatic N) is 2. The van der Waals surface area contributed by atoms with Crippen molar-refractivity contribution in [2.75, 3.05) is 16.6 Å². The molecule has 0 aliphatic heterocycles. The van der Waals surface area contributed by atoms with Crippen LogP contribution in [0.25, 0.3) is 11.0 Å². The number of anilines is 2. The lowest BCUT2D eigenvalue weighted by Crippen LogP contribution is -2.12. The highest BCUT2D eigenvalue weighted by Gasteiger charge is 2.26. The Morgan fingerprint density at radius 2 is 1.88 bits per heavy atom. The van der Waals surface area contributed by atoms with Crippen molar-refractivity contribution >= 4 is 40.3 Å². The molecule has 2 aromatic heterocycles. The topological polar surface area (TPSA) is 82.7 Å².